The first-order chi connectivity index (χ1) is 9.11. The Kier molecular flexibility index (Phi) is 3.21. The summed E-state index contributed by atoms with van der Waals surface area (Å²) in [7, 11) is 0. The quantitative estimate of drug-likeness (QED) is 0.843. The first kappa shape index (κ1) is 12.9. The minimum Gasteiger partial charge on any atom is -0.296 e. The van der Waals surface area contributed by atoms with Gasteiger partial charge in [-0.2, -0.15) is 0 Å². The van der Waals surface area contributed by atoms with Crippen molar-refractivity contribution in [3.05, 3.63) is 26.6 Å². The molecule has 2 aromatic rings. The number of fused-ring (bicyclic) bond motifs is 3. The molecule has 1 unspecified atom stereocenters. The van der Waals surface area contributed by atoms with E-state index in [1.165, 1.54) is 16.9 Å². The van der Waals surface area contributed by atoms with Gasteiger partial charge in [-0.05, 0) is 44.1 Å². The third-order valence-electron chi connectivity index (χ3n) is 4.05. The van der Waals surface area contributed by atoms with E-state index in [-0.39, 0.29) is 5.56 Å². The van der Waals surface area contributed by atoms with Crippen LogP contribution in [0.5, 0.6) is 0 Å². The maximum atomic E-state index is 12.7. The molecular weight excluding hydrogens is 256 g/mol. The fourth-order valence-electron chi connectivity index (χ4n) is 3.01. The van der Waals surface area contributed by atoms with Gasteiger partial charge in [0.25, 0.3) is 5.56 Å². The summed E-state index contributed by atoms with van der Waals surface area (Å²) in [5.74, 6) is 1.59. The first-order valence-electron chi connectivity index (χ1n) is 7.13. The van der Waals surface area contributed by atoms with Crippen molar-refractivity contribution in [2.24, 2.45) is 5.92 Å². The van der Waals surface area contributed by atoms with Gasteiger partial charge < -0.3 is 0 Å². The van der Waals surface area contributed by atoms with Gasteiger partial charge in [0.05, 0.1) is 5.39 Å². The largest absolute Gasteiger partial charge is 0.296 e. The van der Waals surface area contributed by atoms with Gasteiger partial charge in [-0.15, -0.1) is 11.3 Å². The van der Waals surface area contributed by atoms with Gasteiger partial charge in [-0.1, -0.05) is 13.8 Å². The SMILES string of the molecule is CCCn1c(C)nc2sc3c(c2c1=O)CCC(C)C3. The Morgan fingerprint density at radius 2 is 2.26 bits per heavy atom. The zero-order valence-corrected chi connectivity index (χ0v) is 12.6. The van der Waals surface area contributed by atoms with Crippen LogP contribution in [0.2, 0.25) is 0 Å². The number of aromatic nitrogens is 2. The summed E-state index contributed by atoms with van der Waals surface area (Å²) in [4.78, 5) is 19.7. The molecule has 0 saturated carbocycles. The van der Waals surface area contributed by atoms with Crippen molar-refractivity contribution in [2.45, 2.75) is 53.0 Å². The van der Waals surface area contributed by atoms with E-state index >= 15 is 0 Å². The summed E-state index contributed by atoms with van der Waals surface area (Å²) in [5.41, 5.74) is 1.47. The molecule has 19 heavy (non-hydrogen) atoms. The maximum absolute atomic E-state index is 12.7. The second-order valence-electron chi connectivity index (χ2n) is 5.65. The molecule has 4 heteroatoms. The molecule has 0 amide bonds. The highest BCUT2D eigenvalue weighted by molar-refractivity contribution is 7.18. The number of thiophene rings is 1. The number of hydrogen-bond donors (Lipinski definition) is 0. The lowest BCUT2D eigenvalue weighted by Crippen LogP contribution is -2.24. The van der Waals surface area contributed by atoms with Crippen LogP contribution >= 0.6 is 11.3 Å². The number of hydrogen-bond acceptors (Lipinski definition) is 3. The van der Waals surface area contributed by atoms with E-state index in [1.807, 2.05) is 11.5 Å². The van der Waals surface area contributed by atoms with Crippen LogP contribution in [-0.2, 0) is 19.4 Å². The predicted octanol–water partition coefficient (Wildman–Crippen LogP) is 3.30. The van der Waals surface area contributed by atoms with Crippen LogP contribution in [0.3, 0.4) is 0 Å². The summed E-state index contributed by atoms with van der Waals surface area (Å²) in [5, 5.41) is 0.908. The molecular formula is C15H20N2OS. The van der Waals surface area contributed by atoms with E-state index in [9.17, 15) is 4.79 Å². The van der Waals surface area contributed by atoms with Crippen molar-refractivity contribution in [1.29, 1.82) is 0 Å². The smallest absolute Gasteiger partial charge is 0.262 e. The summed E-state index contributed by atoms with van der Waals surface area (Å²) < 4.78 is 1.84. The standard InChI is InChI=1S/C15H20N2OS/c1-4-7-17-10(3)16-14-13(15(17)18)11-6-5-9(2)8-12(11)19-14/h9H,4-8H2,1-3H3. The molecule has 0 bridgehead atoms. The van der Waals surface area contributed by atoms with Crippen molar-refractivity contribution in [1.82, 2.24) is 9.55 Å². The van der Waals surface area contributed by atoms with E-state index in [0.717, 1.165) is 47.8 Å². The summed E-state index contributed by atoms with van der Waals surface area (Å²) in [6.07, 6.45) is 4.32. The van der Waals surface area contributed by atoms with Gasteiger partial charge in [0.2, 0.25) is 0 Å². The molecule has 0 spiro atoms. The van der Waals surface area contributed by atoms with E-state index in [0.29, 0.717) is 0 Å². The molecule has 102 valence electrons. The van der Waals surface area contributed by atoms with E-state index in [2.05, 4.69) is 18.8 Å². The zero-order valence-electron chi connectivity index (χ0n) is 11.8. The minimum absolute atomic E-state index is 0.177. The number of aryl methyl sites for hydroxylation is 2. The van der Waals surface area contributed by atoms with Gasteiger partial charge in [-0.3, -0.25) is 9.36 Å². The molecule has 3 nitrogen and oxygen atoms in total. The Labute approximate surface area is 117 Å². The molecule has 2 aromatic heterocycles. The zero-order chi connectivity index (χ0) is 13.6. The van der Waals surface area contributed by atoms with Crippen molar-refractivity contribution >= 4 is 21.6 Å². The van der Waals surface area contributed by atoms with Gasteiger partial charge in [0, 0.05) is 11.4 Å². The Hall–Kier alpha value is -1.16. The topological polar surface area (TPSA) is 34.9 Å². The molecule has 2 heterocycles. The molecule has 0 N–H and O–H groups in total. The average molecular weight is 276 g/mol. The third-order valence-corrected chi connectivity index (χ3v) is 5.20. The van der Waals surface area contributed by atoms with E-state index in [1.54, 1.807) is 11.3 Å². The normalized spacial score (nSPS) is 18.8. The molecule has 0 radical (unpaired) electrons. The van der Waals surface area contributed by atoms with Crippen LogP contribution in [0.25, 0.3) is 10.2 Å². The predicted molar refractivity (Wildman–Crippen MR) is 80.1 cm³/mol. The van der Waals surface area contributed by atoms with Crippen LogP contribution in [-0.4, -0.2) is 9.55 Å². The Morgan fingerprint density at radius 1 is 1.47 bits per heavy atom. The fraction of sp³-hybridized carbons (Fsp3) is 0.600. The maximum Gasteiger partial charge on any atom is 0.262 e. The van der Waals surface area contributed by atoms with Crippen LogP contribution in [0.4, 0.5) is 0 Å². The van der Waals surface area contributed by atoms with Crippen molar-refractivity contribution in [3.8, 4) is 0 Å². The number of rotatable bonds is 2. The third kappa shape index (κ3) is 2.02. The summed E-state index contributed by atoms with van der Waals surface area (Å²) >= 11 is 1.73. The Balaban J connectivity index is 2.27. The highest BCUT2D eigenvalue weighted by Gasteiger charge is 2.23. The molecule has 1 aliphatic rings. The molecule has 1 aliphatic carbocycles. The summed E-state index contributed by atoms with van der Waals surface area (Å²) in [6, 6.07) is 0. The molecule has 0 aliphatic heterocycles. The van der Waals surface area contributed by atoms with Crippen molar-refractivity contribution < 1.29 is 0 Å². The van der Waals surface area contributed by atoms with Gasteiger partial charge in [-0.25, -0.2) is 4.98 Å². The van der Waals surface area contributed by atoms with Gasteiger partial charge >= 0.3 is 0 Å². The van der Waals surface area contributed by atoms with Crippen LogP contribution in [0.1, 0.15) is 43.0 Å². The molecule has 0 fully saturated rings. The average Bonchev–Trinajstić information content (AvgIpc) is 2.71. The lowest BCUT2D eigenvalue weighted by atomic mass is 9.89. The molecule has 0 aromatic carbocycles. The van der Waals surface area contributed by atoms with Crippen LogP contribution in [0.15, 0.2) is 4.79 Å². The lowest BCUT2D eigenvalue weighted by Gasteiger charge is -2.17. The van der Waals surface area contributed by atoms with E-state index in [4.69, 9.17) is 0 Å². The highest BCUT2D eigenvalue weighted by atomic mass is 32.1. The first-order valence-corrected chi connectivity index (χ1v) is 7.95. The monoisotopic (exact) mass is 276 g/mol. The second kappa shape index (κ2) is 4.75. The minimum atomic E-state index is 0.177. The van der Waals surface area contributed by atoms with E-state index < -0.39 is 0 Å². The number of nitrogens with zero attached hydrogens (tertiary/aromatic N) is 2. The Bertz CT molecular complexity index is 683. The molecule has 3 rings (SSSR count). The van der Waals surface area contributed by atoms with Crippen molar-refractivity contribution in [3.63, 3.8) is 0 Å². The molecule has 1 atom stereocenters. The van der Waals surface area contributed by atoms with Gasteiger partial charge in [0.15, 0.2) is 0 Å². The Morgan fingerprint density at radius 3 is 3.00 bits per heavy atom. The summed E-state index contributed by atoms with van der Waals surface area (Å²) in [6.45, 7) is 7.11. The lowest BCUT2D eigenvalue weighted by molar-refractivity contribution is 0.509. The van der Waals surface area contributed by atoms with Crippen molar-refractivity contribution in [2.75, 3.05) is 0 Å². The highest BCUT2D eigenvalue weighted by Crippen LogP contribution is 2.35. The van der Waals surface area contributed by atoms with Crippen LogP contribution in [0, 0.1) is 12.8 Å². The molecule has 0 saturated heterocycles. The second-order valence-corrected chi connectivity index (χ2v) is 6.73. The fourth-order valence-corrected chi connectivity index (χ4v) is 4.43. The van der Waals surface area contributed by atoms with Gasteiger partial charge in [0.1, 0.15) is 10.7 Å². The van der Waals surface area contributed by atoms with Crippen LogP contribution < -0.4 is 5.56 Å².